The summed E-state index contributed by atoms with van der Waals surface area (Å²) in [6.07, 6.45) is 0. The predicted octanol–water partition coefficient (Wildman–Crippen LogP) is 2.82. The molecule has 0 saturated heterocycles. The molecule has 0 saturated carbocycles. The van der Waals surface area contributed by atoms with Gasteiger partial charge in [-0.05, 0) is 57.0 Å². The Kier molecular flexibility index (Phi) is 7.24. The number of carbonyl (C=O) groups is 3. The van der Waals surface area contributed by atoms with E-state index in [-0.39, 0.29) is 11.4 Å². The van der Waals surface area contributed by atoms with Crippen molar-refractivity contribution < 1.29 is 24.0 Å². The predicted molar refractivity (Wildman–Crippen MR) is 110 cm³/mol. The fourth-order valence-corrected chi connectivity index (χ4v) is 2.63. The number of anilines is 1. The molecule has 2 N–H and O–H groups in total. The fourth-order valence-electron chi connectivity index (χ4n) is 2.63. The van der Waals surface area contributed by atoms with Crippen LogP contribution in [0.3, 0.4) is 0 Å². The normalized spacial score (nSPS) is 11.3. The fraction of sp³-hybridized carbons (Fsp3) is 0.286. The van der Waals surface area contributed by atoms with E-state index >= 15 is 0 Å². The van der Waals surface area contributed by atoms with Gasteiger partial charge in [-0.2, -0.15) is 0 Å². The van der Waals surface area contributed by atoms with E-state index in [1.54, 1.807) is 32.0 Å². The van der Waals surface area contributed by atoms with Crippen molar-refractivity contribution in [2.75, 3.05) is 11.9 Å². The maximum Gasteiger partial charge on any atom is 0.328 e. The molecular formula is C21H23N3O6. The van der Waals surface area contributed by atoms with Gasteiger partial charge in [0.25, 0.3) is 17.5 Å². The lowest BCUT2D eigenvalue weighted by Crippen LogP contribution is -2.40. The monoisotopic (exact) mass is 413 g/mol. The summed E-state index contributed by atoms with van der Waals surface area (Å²) in [4.78, 5) is 47.0. The molecule has 2 aromatic rings. The van der Waals surface area contributed by atoms with Crippen LogP contribution in [0.2, 0.25) is 0 Å². The molecule has 0 spiro atoms. The number of hydrogen-bond donors (Lipinski definition) is 2. The Bertz CT molecular complexity index is 1000. The smallest absolute Gasteiger partial charge is 0.328 e. The molecule has 0 fully saturated rings. The van der Waals surface area contributed by atoms with Crippen LogP contribution >= 0.6 is 0 Å². The van der Waals surface area contributed by atoms with Crippen molar-refractivity contribution in [3.05, 3.63) is 68.8 Å². The summed E-state index contributed by atoms with van der Waals surface area (Å²) in [5.74, 6) is -1.98. The van der Waals surface area contributed by atoms with Crippen LogP contribution in [0.15, 0.2) is 36.4 Å². The van der Waals surface area contributed by atoms with Crippen molar-refractivity contribution in [1.29, 1.82) is 0 Å². The first-order valence-corrected chi connectivity index (χ1v) is 9.18. The molecule has 158 valence electrons. The molecule has 9 heteroatoms. The minimum absolute atomic E-state index is 0.0185. The molecule has 1 atom stereocenters. The third-order valence-electron chi connectivity index (χ3n) is 4.41. The van der Waals surface area contributed by atoms with Crippen molar-refractivity contribution in [3.8, 4) is 0 Å². The largest absolute Gasteiger partial charge is 0.454 e. The van der Waals surface area contributed by atoms with Gasteiger partial charge in [-0.3, -0.25) is 19.7 Å². The van der Waals surface area contributed by atoms with Gasteiger partial charge in [0.1, 0.15) is 11.7 Å². The Morgan fingerprint density at radius 3 is 2.40 bits per heavy atom. The van der Waals surface area contributed by atoms with Crippen LogP contribution in [0, 0.1) is 30.9 Å². The highest BCUT2D eigenvalue weighted by Crippen LogP contribution is 2.27. The van der Waals surface area contributed by atoms with Crippen molar-refractivity contribution in [2.45, 2.75) is 33.7 Å². The van der Waals surface area contributed by atoms with Gasteiger partial charge in [0, 0.05) is 11.6 Å². The van der Waals surface area contributed by atoms with Crippen molar-refractivity contribution in [2.24, 2.45) is 0 Å². The molecular weight excluding hydrogens is 390 g/mol. The van der Waals surface area contributed by atoms with Crippen LogP contribution in [-0.2, 0) is 14.3 Å². The zero-order chi connectivity index (χ0) is 22.4. The third kappa shape index (κ3) is 5.87. The van der Waals surface area contributed by atoms with Gasteiger partial charge in [-0.25, -0.2) is 4.79 Å². The summed E-state index contributed by atoms with van der Waals surface area (Å²) < 4.78 is 4.92. The SMILES string of the molecule is Cc1cccc(C(=O)N[C@@H](C)C(=O)OCC(=O)Nc2cc(C)c(C)cc2[N+](=O)[O-])c1. The molecule has 0 aliphatic rings. The van der Waals surface area contributed by atoms with E-state index in [1.165, 1.54) is 19.1 Å². The number of nitrogens with zero attached hydrogens (tertiary/aromatic N) is 1. The van der Waals surface area contributed by atoms with E-state index in [0.29, 0.717) is 11.1 Å². The van der Waals surface area contributed by atoms with Gasteiger partial charge < -0.3 is 15.4 Å². The maximum atomic E-state index is 12.2. The molecule has 0 aliphatic carbocycles. The molecule has 0 bridgehead atoms. The summed E-state index contributed by atoms with van der Waals surface area (Å²) in [6, 6.07) is 8.72. The topological polar surface area (TPSA) is 128 Å². The highest BCUT2D eigenvalue weighted by molar-refractivity contribution is 5.98. The van der Waals surface area contributed by atoms with Crippen molar-refractivity contribution in [1.82, 2.24) is 5.32 Å². The second kappa shape index (κ2) is 9.64. The van der Waals surface area contributed by atoms with Gasteiger partial charge >= 0.3 is 5.97 Å². The van der Waals surface area contributed by atoms with Gasteiger partial charge in [-0.15, -0.1) is 0 Å². The molecule has 9 nitrogen and oxygen atoms in total. The van der Waals surface area contributed by atoms with Gasteiger partial charge in [0.05, 0.1) is 4.92 Å². The molecule has 2 rings (SSSR count). The zero-order valence-electron chi connectivity index (χ0n) is 17.1. The summed E-state index contributed by atoms with van der Waals surface area (Å²) in [5.41, 5.74) is 2.54. The molecule has 2 amide bonds. The van der Waals surface area contributed by atoms with Crippen LogP contribution in [-0.4, -0.2) is 35.4 Å². The van der Waals surface area contributed by atoms with Crippen LogP contribution in [0.1, 0.15) is 34.0 Å². The van der Waals surface area contributed by atoms with E-state index in [0.717, 1.165) is 11.1 Å². The van der Waals surface area contributed by atoms with Crippen LogP contribution in [0.5, 0.6) is 0 Å². The maximum absolute atomic E-state index is 12.2. The highest BCUT2D eigenvalue weighted by atomic mass is 16.6. The molecule has 0 radical (unpaired) electrons. The number of carbonyl (C=O) groups excluding carboxylic acids is 3. The third-order valence-corrected chi connectivity index (χ3v) is 4.41. The first-order chi connectivity index (χ1) is 14.1. The lowest BCUT2D eigenvalue weighted by atomic mass is 10.1. The number of aryl methyl sites for hydroxylation is 3. The minimum Gasteiger partial charge on any atom is -0.454 e. The first kappa shape index (κ1) is 22.5. The van der Waals surface area contributed by atoms with Crippen LogP contribution < -0.4 is 10.6 Å². The Balaban J connectivity index is 1.93. The second-order valence-electron chi connectivity index (χ2n) is 6.93. The minimum atomic E-state index is -0.984. The average Bonchev–Trinajstić information content (AvgIpc) is 2.68. The summed E-state index contributed by atoms with van der Waals surface area (Å²) >= 11 is 0. The first-order valence-electron chi connectivity index (χ1n) is 9.18. The summed E-state index contributed by atoms with van der Waals surface area (Å²) in [5, 5.41) is 16.1. The molecule has 0 aliphatic heterocycles. The number of amides is 2. The second-order valence-corrected chi connectivity index (χ2v) is 6.93. The summed E-state index contributed by atoms with van der Waals surface area (Å²) in [6.45, 7) is 6.11. The highest BCUT2D eigenvalue weighted by Gasteiger charge is 2.21. The lowest BCUT2D eigenvalue weighted by Gasteiger charge is -2.14. The van der Waals surface area contributed by atoms with E-state index < -0.39 is 35.4 Å². The van der Waals surface area contributed by atoms with Crippen molar-refractivity contribution >= 4 is 29.2 Å². The average molecular weight is 413 g/mol. The molecule has 2 aromatic carbocycles. The van der Waals surface area contributed by atoms with Gasteiger partial charge in [-0.1, -0.05) is 17.7 Å². The number of nitrogens with one attached hydrogen (secondary N) is 2. The number of nitro benzene ring substituents is 1. The Morgan fingerprint density at radius 1 is 1.10 bits per heavy atom. The Hall–Kier alpha value is -3.75. The molecule has 0 heterocycles. The van der Waals surface area contributed by atoms with Crippen molar-refractivity contribution in [3.63, 3.8) is 0 Å². The van der Waals surface area contributed by atoms with Gasteiger partial charge in [0.15, 0.2) is 6.61 Å². The number of ether oxygens (including phenoxy) is 1. The number of esters is 1. The number of hydrogen-bond acceptors (Lipinski definition) is 6. The molecule has 30 heavy (non-hydrogen) atoms. The van der Waals surface area contributed by atoms with E-state index in [9.17, 15) is 24.5 Å². The van der Waals surface area contributed by atoms with E-state index in [1.807, 2.05) is 13.0 Å². The number of rotatable bonds is 7. The van der Waals surface area contributed by atoms with Gasteiger partial charge in [0.2, 0.25) is 0 Å². The molecule has 0 aromatic heterocycles. The molecule has 0 unspecified atom stereocenters. The quantitative estimate of drug-likeness (QED) is 0.408. The van der Waals surface area contributed by atoms with Crippen LogP contribution in [0.25, 0.3) is 0 Å². The van der Waals surface area contributed by atoms with Crippen LogP contribution in [0.4, 0.5) is 11.4 Å². The Morgan fingerprint density at radius 2 is 1.77 bits per heavy atom. The summed E-state index contributed by atoms with van der Waals surface area (Å²) in [7, 11) is 0. The Labute approximate surface area is 173 Å². The number of nitro groups is 1. The standard InChI is InChI=1S/C21H23N3O6/c1-12-6-5-7-16(8-12)20(26)22-15(4)21(27)30-11-19(25)23-17-9-13(2)14(3)10-18(17)24(28)29/h5-10,15H,11H2,1-4H3,(H,22,26)(H,23,25)/t15-/m0/s1. The lowest BCUT2D eigenvalue weighted by molar-refractivity contribution is -0.384. The van der Waals surface area contributed by atoms with E-state index in [4.69, 9.17) is 4.74 Å². The zero-order valence-corrected chi connectivity index (χ0v) is 17.1. The van der Waals surface area contributed by atoms with E-state index in [2.05, 4.69) is 10.6 Å². The number of benzene rings is 2.